The number of aromatic nitrogens is 1. The van der Waals surface area contributed by atoms with Gasteiger partial charge in [-0.1, -0.05) is 19.9 Å². The van der Waals surface area contributed by atoms with Crippen molar-refractivity contribution in [1.82, 2.24) is 4.98 Å². The Morgan fingerprint density at radius 1 is 1.50 bits per heavy atom. The maximum Gasteiger partial charge on any atom is 0.339 e. The van der Waals surface area contributed by atoms with E-state index in [-0.39, 0.29) is 11.6 Å². The van der Waals surface area contributed by atoms with E-state index in [1.165, 1.54) is 12.3 Å². The van der Waals surface area contributed by atoms with Gasteiger partial charge in [0.05, 0.1) is 17.9 Å². The molecule has 4 N–H and O–H groups in total. The minimum Gasteiger partial charge on any atom is -0.478 e. The number of pyridine rings is 1. The van der Waals surface area contributed by atoms with E-state index in [1.54, 1.807) is 11.3 Å². The van der Waals surface area contributed by atoms with Crippen LogP contribution in [-0.2, 0) is 0 Å². The van der Waals surface area contributed by atoms with Crippen LogP contribution in [-0.4, -0.2) is 16.1 Å². The first-order valence-corrected chi connectivity index (χ1v) is 7.15. The highest BCUT2D eigenvalue weighted by atomic mass is 32.1. The van der Waals surface area contributed by atoms with Crippen LogP contribution < -0.4 is 11.1 Å². The van der Waals surface area contributed by atoms with Gasteiger partial charge in [0, 0.05) is 4.88 Å². The van der Waals surface area contributed by atoms with Crippen molar-refractivity contribution in [3.05, 3.63) is 40.2 Å². The molecule has 0 saturated heterocycles. The smallest absolute Gasteiger partial charge is 0.339 e. The molecule has 0 saturated carbocycles. The van der Waals surface area contributed by atoms with Crippen LogP contribution in [0.3, 0.4) is 0 Å². The largest absolute Gasteiger partial charge is 0.478 e. The van der Waals surface area contributed by atoms with Crippen LogP contribution in [0.1, 0.15) is 35.1 Å². The van der Waals surface area contributed by atoms with E-state index in [1.807, 2.05) is 17.5 Å². The third kappa shape index (κ3) is 3.08. The fraction of sp³-hybridized carbons (Fsp3) is 0.286. The van der Waals surface area contributed by atoms with Crippen LogP contribution >= 0.6 is 11.3 Å². The molecule has 0 fully saturated rings. The lowest BCUT2D eigenvalue weighted by molar-refractivity contribution is 0.0697. The molecule has 6 heteroatoms. The summed E-state index contributed by atoms with van der Waals surface area (Å²) in [6.45, 7) is 4.16. The molecule has 106 valence electrons. The SMILES string of the molecule is CC(C)C(Nc1ncc(N)cc1C(=O)O)c1cccs1. The second-order valence-electron chi connectivity index (χ2n) is 4.85. The molecule has 1 unspecified atom stereocenters. The Bertz CT molecular complexity index is 596. The highest BCUT2D eigenvalue weighted by Crippen LogP contribution is 2.30. The summed E-state index contributed by atoms with van der Waals surface area (Å²) in [5, 5.41) is 14.5. The molecule has 0 aliphatic heterocycles. The fourth-order valence-electron chi connectivity index (χ4n) is 1.94. The predicted molar refractivity (Wildman–Crippen MR) is 81.1 cm³/mol. The van der Waals surface area contributed by atoms with Crippen LogP contribution in [0.4, 0.5) is 11.5 Å². The Morgan fingerprint density at radius 3 is 2.80 bits per heavy atom. The van der Waals surface area contributed by atoms with E-state index in [0.717, 1.165) is 4.88 Å². The lowest BCUT2D eigenvalue weighted by Gasteiger charge is -2.22. The number of aromatic carboxylic acids is 1. The van der Waals surface area contributed by atoms with E-state index >= 15 is 0 Å². The van der Waals surface area contributed by atoms with E-state index < -0.39 is 5.97 Å². The summed E-state index contributed by atoms with van der Waals surface area (Å²) in [6, 6.07) is 5.44. The summed E-state index contributed by atoms with van der Waals surface area (Å²) in [5.41, 5.74) is 6.03. The molecule has 0 bridgehead atoms. The van der Waals surface area contributed by atoms with Gasteiger partial charge in [-0.2, -0.15) is 0 Å². The standard InChI is InChI=1S/C14H17N3O2S/c1-8(2)12(11-4-3-5-20-11)17-13-10(14(18)19)6-9(15)7-16-13/h3-8,12H,15H2,1-2H3,(H,16,17)(H,18,19). The zero-order valence-electron chi connectivity index (χ0n) is 11.3. The number of hydrogen-bond acceptors (Lipinski definition) is 5. The van der Waals surface area contributed by atoms with Gasteiger partial charge in [0.15, 0.2) is 0 Å². The number of rotatable bonds is 5. The molecule has 0 amide bonds. The zero-order valence-corrected chi connectivity index (χ0v) is 12.1. The van der Waals surface area contributed by atoms with Gasteiger partial charge in [-0.3, -0.25) is 0 Å². The molecule has 0 aliphatic rings. The quantitative estimate of drug-likeness (QED) is 0.787. The summed E-state index contributed by atoms with van der Waals surface area (Å²) in [5.74, 6) is -0.394. The topological polar surface area (TPSA) is 88.2 Å². The third-order valence-corrected chi connectivity index (χ3v) is 3.90. The van der Waals surface area contributed by atoms with Crippen LogP contribution in [0, 0.1) is 5.92 Å². The third-order valence-electron chi connectivity index (χ3n) is 2.95. The van der Waals surface area contributed by atoms with Crippen molar-refractivity contribution in [3.8, 4) is 0 Å². The van der Waals surface area contributed by atoms with Crippen LogP contribution in [0.15, 0.2) is 29.8 Å². The number of nitrogens with two attached hydrogens (primary N) is 1. The van der Waals surface area contributed by atoms with Gasteiger partial charge < -0.3 is 16.2 Å². The average molecular weight is 291 g/mol. The monoisotopic (exact) mass is 291 g/mol. The van der Waals surface area contributed by atoms with Crippen LogP contribution in [0.5, 0.6) is 0 Å². The molecule has 20 heavy (non-hydrogen) atoms. The van der Waals surface area contributed by atoms with Gasteiger partial charge in [0.25, 0.3) is 0 Å². The molecule has 2 heterocycles. The molecule has 0 aromatic carbocycles. The number of carboxylic acids is 1. The Balaban J connectivity index is 2.34. The zero-order chi connectivity index (χ0) is 14.7. The van der Waals surface area contributed by atoms with E-state index in [2.05, 4.69) is 24.1 Å². The Kier molecular flexibility index (Phi) is 4.24. The van der Waals surface area contributed by atoms with Crippen molar-refractivity contribution < 1.29 is 9.90 Å². The molecule has 2 aromatic heterocycles. The molecule has 2 aromatic rings. The number of nitrogen functional groups attached to an aromatic ring is 1. The minimum atomic E-state index is -1.04. The van der Waals surface area contributed by atoms with Gasteiger partial charge in [-0.15, -0.1) is 11.3 Å². The summed E-state index contributed by atoms with van der Waals surface area (Å²) in [7, 11) is 0. The average Bonchev–Trinajstić information content (AvgIpc) is 2.90. The first-order valence-electron chi connectivity index (χ1n) is 6.27. The van der Waals surface area contributed by atoms with E-state index in [9.17, 15) is 9.90 Å². The molecular formula is C14H17N3O2S. The second-order valence-corrected chi connectivity index (χ2v) is 5.83. The van der Waals surface area contributed by atoms with Crippen molar-refractivity contribution in [3.63, 3.8) is 0 Å². The number of anilines is 2. The first-order chi connectivity index (χ1) is 9.49. The van der Waals surface area contributed by atoms with Crippen molar-refractivity contribution in [1.29, 1.82) is 0 Å². The minimum absolute atomic E-state index is 0.0178. The summed E-state index contributed by atoms with van der Waals surface area (Å²) in [4.78, 5) is 16.5. The van der Waals surface area contributed by atoms with E-state index in [0.29, 0.717) is 17.4 Å². The molecule has 1 atom stereocenters. The van der Waals surface area contributed by atoms with Gasteiger partial charge in [0.2, 0.25) is 0 Å². The number of carboxylic acid groups (broad SMARTS) is 1. The van der Waals surface area contributed by atoms with Gasteiger partial charge in [-0.05, 0) is 23.4 Å². The summed E-state index contributed by atoms with van der Waals surface area (Å²) in [6.07, 6.45) is 1.46. The van der Waals surface area contributed by atoms with Crippen molar-refractivity contribution in [2.45, 2.75) is 19.9 Å². The Hall–Kier alpha value is -2.08. The number of thiophene rings is 1. The fourth-order valence-corrected chi connectivity index (χ4v) is 2.89. The molecule has 0 spiro atoms. The summed E-state index contributed by atoms with van der Waals surface area (Å²) >= 11 is 1.63. The normalized spacial score (nSPS) is 12.3. The maximum atomic E-state index is 11.3. The Morgan fingerprint density at radius 2 is 2.25 bits per heavy atom. The molecule has 5 nitrogen and oxygen atoms in total. The number of nitrogens with one attached hydrogen (secondary N) is 1. The van der Waals surface area contributed by atoms with E-state index in [4.69, 9.17) is 5.73 Å². The van der Waals surface area contributed by atoms with Crippen molar-refractivity contribution in [2.24, 2.45) is 5.92 Å². The predicted octanol–water partition coefficient (Wildman–Crippen LogP) is 3.23. The highest BCUT2D eigenvalue weighted by Gasteiger charge is 2.20. The number of nitrogens with zero attached hydrogens (tertiary/aromatic N) is 1. The lowest BCUT2D eigenvalue weighted by Crippen LogP contribution is -2.18. The molecule has 0 radical (unpaired) electrons. The maximum absolute atomic E-state index is 11.3. The van der Waals surface area contributed by atoms with Gasteiger partial charge >= 0.3 is 5.97 Å². The van der Waals surface area contributed by atoms with Gasteiger partial charge in [0.1, 0.15) is 11.4 Å². The summed E-state index contributed by atoms with van der Waals surface area (Å²) < 4.78 is 0. The number of carbonyl (C=O) groups is 1. The van der Waals surface area contributed by atoms with Crippen molar-refractivity contribution in [2.75, 3.05) is 11.1 Å². The lowest BCUT2D eigenvalue weighted by atomic mass is 10.0. The Labute approximate surface area is 121 Å². The van der Waals surface area contributed by atoms with Crippen LogP contribution in [0.2, 0.25) is 0 Å². The molecule has 0 aliphatic carbocycles. The van der Waals surface area contributed by atoms with Crippen LogP contribution in [0.25, 0.3) is 0 Å². The highest BCUT2D eigenvalue weighted by molar-refractivity contribution is 7.10. The first kappa shape index (κ1) is 14.3. The second kappa shape index (κ2) is 5.92. The number of hydrogen-bond donors (Lipinski definition) is 3. The molecule has 2 rings (SSSR count). The van der Waals surface area contributed by atoms with Gasteiger partial charge in [-0.25, -0.2) is 9.78 Å². The van der Waals surface area contributed by atoms with Crippen molar-refractivity contribution >= 4 is 28.8 Å². The molecular weight excluding hydrogens is 274 g/mol.